The first-order valence-electron chi connectivity index (χ1n) is 8.17. The minimum atomic E-state index is 0.150. The van der Waals surface area contributed by atoms with Gasteiger partial charge in [-0.2, -0.15) is 0 Å². The van der Waals surface area contributed by atoms with Crippen LogP contribution in [0.4, 0.5) is 0 Å². The number of halogens is 1. The molecule has 25 heavy (non-hydrogen) atoms. The van der Waals surface area contributed by atoms with Crippen molar-refractivity contribution >= 4 is 44.5 Å². The highest BCUT2D eigenvalue weighted by atomic mass is 79.9. The predicted octanol–water partition coefficient (Wildman–Crippen LogP) is 4.32. The Morgan fingerprint density at radius 3 is 2.52 bits per heavy atom. The molecule has 1 saturated heterocycles. The lowest BCUT2D eigenvalue weighted by Crippen LogP contribution is -2.48. The van der Waals surface area contributed by atoms with Gasteiger partial charge in [0.05, 0.1) is 9.47 Å². The molecule has 0 bridgehead atoms. The van der Waals surface area contributed by atoms with Crippen molar-refractivity contribution in [2.75, 3.05) is 26.2 Å². The van der Waals surface area contributed by atoms with E-state index in [-0.39, 0.29) is 5.91 Å². The van der Waals surface area contributed by atoms with E-state index in [2.05, 4.69) is 33.0 Å². The average Bonchev–Trinajstić information content (AvgIpc) is 3.36. The zero-order valence-corrected chi connectivity index (χ0v) is 16.8. The fourth-order valence-electron chi connectivity index (χ4n) is 3.07. The smallest absolute Gasteiger partial charge is 0.266 e. The second-order valence-corrected chi connectivity index (χ2v) is 9.46. The Morgan fingerprint density at radius 2 is 1.84 bits per heavy atom. The number of aromatic nitrogens is 1. The molecule has 0 aliphatic carbocycles. The van der Waals surface area contributed by atoms with Gasteiger partial charge in [0.25, 0.3) is 5.91 Å². The van der Waals surface area contributed by atoms with Gasteiger partial charge in [-0.1, -0.05) is 0 Å². The van der Waals surface area contributed by atoms with Crippen molar-refractivity contribution in [3.05, 3.63) is 61.6 Å². The summed E-state index contributed by atoms with van der Waals surface area (Å²) in [6.07, 6.45) is 3.96. The highest BCUT2D eigenvalue weighted by Crippen LogP contribution is 2.25. The third-order valence-electron chi connectivity index (χ3n) is 4.39. The van der Waals surface area contributed by atoms with Crippen molar-refractivity contribution in [2.24, 2.45) is 0 Å². The maximum Gasteiger partial charge on any atom is 0.266 e. The number of hydrogen-bond donors (Lipinski definition) is 0. The average molecular weight is 436 g/mol. The molecule has 1 aliphatic heterocycles. The fourth-order valence-corrected chi connectivity index (χ4v) is 5.45. The highest BCUT2D eigenvalue weighted by Gasteiger charge is 2.25. The van der Waals surface area contributed by atoms with E-state index < -0.39 is 0 Å². The first kappa shape index (κ1) is 17.0. The van der Waals surface area contributed by atoms with E-state index in [9.17, 15) is 4.79 Å². The normalized spacial score (nSPS) is 15.6. The molecule has 0 N–H and O–H groups in total. The Bertz CT molecular complexity index is 847. The molecule has 0 atom stereocenters. The number of piperazine rings is 1. The third-order valence-corrected chi connectivity index (χ3v) is 6.89. The number of hydrogen-bond acceptors (Lipinski definition) is 4. The summed E-state index contributed by atoms with van der Waals surface area (Å²) in [6.45, 7) is 4.38. The molecule has 7 heteroatoms. The molecule has 0 spiro atoms. The molecule has 0 aromatic carbocycles. The lowest BCUT2D eigenvalue weighted by Gasteiger charge is -2.34. The summed E-state index contributed by atoms with van der Waals surface area (Å²) in [6, 6.07) is 10.2. The van der Waals surface area contributed by atoms with Crippen molar-refractivity contribution in [3.8, 4) is 5.69 Å². The second kappa shape index (κ2) is 7.45. The quantitative estimate of drug-likeness (QED) is 0.610. The molecule has 4 rings (SSSR count). The van der Waals surface area contributed by atoms with Crippen molar-refractivity contribution in [2.45, 2.75) is 6.54 Å². The number of carbonyl (C=O) groups excluding carboxylic acids is 1. The summed E-state index contributed by atoms with van der Waals surface area (Å²) in [7, 11) is 0. The van der Waals surface area contributed by atoms with Gasteiger partial charge in [0.2, 0.25) is 0 Å². The van der Waals surface area contributed by atoms with Crippen molar-refractivity contribution in [1.29, 1.82) is 0 Å². The minimum absolute atomic E-state index is 0.150. The first-order chi connectivity index (χ1) is 12.2. The minimum Gasteiger partial charge on any atom is -0.335 e. The van der Waals surface area contributed by atoms with E-state index in [1.807, 2.05) is 45.4 Å². The zero-order valence-electron chi connectivity index (χ0n) is 13.6. The summed E-state index contributed by atoms with van der Waals surface area (Å²) in [5, 5.41) is 1.99. The van der Waals surface area contributed by atoms with Crippen LogP contribution in [0.5, 0.6) is 0 Å². The Kier molecular flexibility index (Phi) is 5.08. The van der Waals surface area contributed by atoms with Crippen molar-refractivity contribution in [1.82, 2.24) is 14.4 Å². The SMILES string of the molecule is O=C(c1sccc1-n1cccc1)N1CCN(Cc2ccc(Br)s2)CC1. The monoisotopic (exact) mass is 435 g/mol. The highest BCUT2D eigenvalue weighted by molar-refractivity contribution is 9.11. The molecule has 130 valence electrons. The van der Waals surface area contributed by atoms with Crippen LogP contribution in [-0.4, -0.2) is 46.5 Å². The van der Waals surface area contributed by atoms with Crippen LogP contribution < -0.4 is 0 Å². The maximum absolute atomic E-state index is 12.9. The Morgan fingerprint density at radius 1 is 1.08 bits per heavy atom. The Labute approximate surface area is 163 Å². The molecule has 0 saturated carbocycles. The van der Waals surface area contributed by atoms with E-state index >= 15 is 0 Å². The second-order valence-electron chi connectivity index (χ2n) is 6.00. The molecule has 3 aromatic heterocycles. The largest absolute Gasteiger partial charge is 0.335 e. The van der Waals surface area contributed by atoms with Crippen LogP contribution >= 0.6 is 38.6 Å². The predicted molar refractivity (Wildman–Crippen MR) is 107 cm³/mol. The van der Waals surface area contributed by atoms with Gasteiger partial charge in [0.15, 0.2) is 0 Å². The van der Waals surface area contributed by atoms with Gasteiger partial charge in [-0.25, -0.2) is 0 Å². The third kappa shape index (κ3) is 3.74. The molecule has 1 aliphatic rings. The topological polar surface area (TPSA) is 28.5 Å². The molecule has 1 amide bonds. The standard InChI is InChI=1S/C18H18BrN3OS2/c19-16-4-3-14(25-16)13-20-8-10-22(11-9-20)18(23)17-15(5-12-24-17)21-6-1-2-7-21/h1-7,12H,8-11,13H2. The van der Waals surface area contributed by atoms with Crippen LogP contribution in [0.15, 0.2) is 51.9 Å². The number of carbonyl (C=O) groups is 1. The van der Waals surface area contributed by atoms with E-state index in [0.29, 0.717) is 0 Å². The number of rotatable bonds is 4. The van der Waals surface area contributed by atoms with Crippen LogP contribution in [0.3, 0.4) is 0 Å². The first-order valence-corrected chi connectivity index (χ1v) is 10.7. The van der Waals surface area contributed by atoms with Crippen molar-refractivity contribution in [3.63, 3.8) is 0 Å². The molecule has 0 unspecified atom stereocenters. The Hall–Kier alpha value is -1.41. The van der Waals surface area contributed by atoms with E-state index in [0.717, 1.165) is 43.3 Å². The van der Waals surface area contributed by atoms with Gasteiger partial charge < -0.3 is 9.47 Å². The van der Waals surface area contributed by atoms with Gasteiger partial charge in [-0.05, 0) is 51.6 Å². The van der Waals surface area contributed by atoms with Gasteiger partial charge in [0.1, 0.15) is 4.88 Å². The van der Waals surface area contributed by atoms with Crippen LogP contribution in [0.1, 0.15) is 14.5 Å². The van der Waals surface area contributed by atoms with Gasteiger partial charge in [-0.15, -0.1) is 22.7 Å². The van der Waals surface area contributed by atoms with E-state index in [1.54, 1.807) is 11.3 Å². The summed E-state index contributed by atoms with van der Waals surface area (Å²) < 4.78 is 3.18. The number of amides is 1. The summed E-state index contributed by atoms with van der Waals surface area (Å²) in [4.78, 5) is 19.5. The van der Waals surface area contributed by atoms with Gasteiger partial charge in [-0.3, -0.25) is 9.69 Å². The summed E-state index contributed by atoms with van der Waals surface area (Å²) >= 11 is 6.82. The lowest BCUT2D eigenvalue weighted by atomic mass is 10.2. The van der Waals surface area contributed by atoms with Crippen LogP contribution in [0.2, 0.25) is 0 Å². The van der Waals surface area contributed by atoms with Gasteiger partial charge >= 0.3 is 0 Å². The van der Waals surface area contributed by atoms with E-state index in [1.165, 1.54) is 20.0 Å². The molecular weight excluding hydrogens is 418 g/mol. The Balaban J connectivity index is 1.39. The summed E-state index contributed by atoms with van der Waals surface area (Å²) in [5.41, 5.74) is 0.978. The molecule has 0 radical (unpaired) electrons. The number of nitrogens with zero attached hydrogens (tertiary/aromatic N) is 3. The van der Waals surface area contributed by atoms with Crippen LogP contribution in [0.25, 0.3) is 5.69 Å². The fraction of sp³-hybridized carbons (Fsp3) is 0.278. The molecular formula is C18H18BrN3OS2. The molecule has 4 heterocycles. The summed E-state index contributed by atoms with van der Waals surface area (Å²) in [5.74, 6) is 0.150. The van der Waals surface area contributed by atoms with Crippen molar-refractivity contribution < 1.29 is 4.79 Å². The maximum atomic E-state index is 12.9. The van der Waals surface area contributed by atoms with Crippen LogP contribution in [0, 0.1) is 0 Å². The number of thiophene rings is 2. The van der Waals surface area contributed by atoms with Gasteiger partial charge in [0, 0.05) is 50.0 Å². The zero-order chi connectivity index (χ0) is 17.2. The van der Waals surface area contributed by atoms with Crippen LogP contribution in [-0.2, 0) is 6.54 Å². The molecule has 3 aromatic rings. The van der Waals surface area contributed by atoms with E-state index in [4.69, 9.17) is 0 Å². The molecule has 1 fully saturated rings. The molecule has 4 nitrogen and oxygen atoms in total. The lowest BCUT2D eigenvalue weighted by molar-refractivity contribution is 0.0634.